The summed E-state index contributed by atoms with van der Waals surface area (Å²) in [7, 11) is 0. The largest absolute Gasteiger partial charge is 0.416 e. The van der Waals surface area contributed by atoms with Crippen LogP contribution in [0, 0.1) is 11.3 Å². The quantitative estimate of drug-likeness (QED) is 0.703. The van der Waals surface area contributed by atoms with Gasteiger partial charge in [0.1, 0.15) is 11.8 Å². The Labute approximate surface area is 138 Å². The molecule has 2 aromatic rings. The number of aromatic nitrogens is 2. The molecular weight excluding hydrogens is 358 g/mol. The molecule has 0 aliphatic rings. The minimum Gasteiger partial charge on any atom is -0.235 e. The highest BCUT2D eigenvalue weighted by Crippen LogP contribution is 2.38. The summed E-state index contributed by atoms with van der Waals surface area (Å²) in [5.74, 6) is 0.717. The molecule has 1 heterocycles. The van der Waals surface area contributed by atoms with Gasteiger partial charge in [-0.3, -0.25) is 0 Å². The lowest BCUT2D eigenvalue weighted by molar-refractivity contribution is -0.137. The molecule has 0 spiro atoms. The Morgan fingerprint density at radius 3 is 2.36 bits per heavy atom. The van der Waals surface area contributed by atoms with Crippen molar-refractivity contribution in [2.75, 3.05) is 5.75 Å². The molecule has 0 radical (unpaired) electrons. The molecule has 0 atom stereocenters. The number of alkyl halides is 3. The van der Waals surface area contributed by atoms with Crippen molar-refractivity contribution in [2.45, 2.75) is 18.0 Å². The number of nitriles is 1. The average Bonchev–Trinajstić information content (AvgIpc) is 2.80. The summed E-state index contributed by atoms with van der Waals surface area (Å²) in [6, 6.07) is 3.49. The van der Waals surface area contributed by atoms with Crippen molar-refractivity contribution in [1.82, 2.24) is 9.78 Å². The molecule has 0 aliphatic heterocycles. The van der Waals surface area contributed by atoms with E-state index in [2.05, 4.69) is 5.10 Å². The van der Waals surface area contributed by atoms with E-state index in [4.69, 9.17) is 28.5 Å². The van der Waals surface area contributed by atoms with E-state index >= 15 is 0 Å². The molecule has 0 saturated carbocycles. The lowest BCUT2D eigenvalue weighted by atomic mass is 10.2. The predicted molar refractivity (Wildman–Crippen MR) is 79.7 cm³/mol. The van der Waals surface area contributed by atoms with E-state index in [1.807, 2.05) is 13.0 Å². The van der Waals surface area contributed by atoms with Gasteiger partial charge >= 0.3 is 6.18 Å². The maximum atomic E-state index is 12.7. The van der Waals surface area contributed by atoms with Crippen molar-refractivity contribution in [3.63, 3.8) is 0 Å². The highest BCUT2D eigenvalue weighted by molar-refractivity contribution is 7.99. The van der Waals surface area contributed by atoms with Gasteiger partial charge in [0.2, 0.25) is 0 Å². The van der Waals surface area contributed by atoms with E-state index in [1.165, 1.54) is 22.6 Å². The molecule has 1 aromatic carbocycles. The van der Waals surface area contributed by atoms with E-state index in [-0.39, 0.29) is 21.4 Å². The normalized spacial score (nSPS) is 11.5. The van der Waals surface area contributed by atoms with Gasteiger partial charge in [-0.15, -0.1) is 11.8 Å². The number of nitrogens with zero attached hydrogens (tertiary/aromatic N) is 3. The van der Waals surface area contributed by atoms with Gasteiger partial charge in [-0.1, -0.05) is 30.1 Å². The van der Waals surface area contributed by atoms with Crippen LogP contribution in [0.25, 0.3) is 5.69 Å². The van der Waals surface area contributed by atoms with Crippen LogP contribution in [-0.2, 0) is 6.18 Å². The molecule has 116 valence electrons. The van der Waals surface area contributed by atoms with Crippen molar-refractivity contribution < 1.29 is 13.2 Å². The number of hydrogen-bond donors (Lipinski definition) is 0. The van der Waals surface area contributed by atoms with Crippen molar-refractivity contribution in [2.24, 2.45) is 0 Å². The van der Waals surface area contributed by atoms with E-state index in [0.717, 1.165) is 17.9 Å². The minimum atomic E-state index is -4.54. The third-order valence-corrected chi connectivity index (χ3v) is 4.13. The zero-order valence-electron chi connectivity index (χ0n) is 11.1. The second kappa shape index (κ2) is 6.41. The summed E-state index contributed by atoms with van der Waals surface area (Å²) >= 11 is 13.2. The highest BCUT2D eigenvalue weighted by atomic mass is 35.5. The van der Waals surface area contributed by atoms with Crippen LogP contribution in [0.3, 0.4) is 0 Å². The zero-order chi connectivity index (χ0) is 16.5. The van der Waals surface area contributed by atoms with E-state index in [0.29, 0.717) is 4.90 Å². The Balaban J connectivity index is 2.57. The second-order valence-corrected chi connectivity index (χ2v) is 6.24. The van der Waals surface area contributed by atoms with E-state index in [9.17, 15) is 13.2 Å². The average molecular weight is 366 g/mol. The third kappa shape index (κ3) is 3.35. The van der Waals surface area contributed by atoms with E-state index in [1.54, 1.807) is 0 Å². The predicted octanol–water partition coefficient (Wildman–Crippen LogP) is 5.18. The number of thioether (sulfide) groups is 1. The molecule has 2 rings (SSSR count). The maximum Gasteiger partial charge on any atom is 0.416 e. The Kier molecular flexibility index (Phi) is 4.95. The van der Waals surface area contributed by atoms with Gasteiger partial charge in [0.25, 0.3) is 0 Å². The molecule has 3 nitrogen and oxygen atoms in total. The Bertz CT molecular complexity index is 727. The Morgan fingerprint density at radius 2 is 1.91 bits per heavy atom. The van der Waals surface area contributed by atoms with Gasteiger partial charge in [-0.2, -0.15) is 23.5 Å². The Hall–Kier alpha value is -1.36. The first kappa shape index (κ1) is 17.0. The van der Waals surface area contributed by atoms with Gasteiger partial charge in [0.05, 0.1) is 20.5 Å². The lowest BCUT2D eigenvalue weighted by Crippen LogP contribution is -2.07. The molecule has 0 amide bonds. The molecule has 0 bridgehead atoms. The topological polar surface area (TPSA) is 41.6 Å². The van der Waals surface area contributed by atoms with Gasteiger partial charge in [0, 0.05) is 6.20 Å². The second-order valence-electron chi connectivity index (χ2n) is 4.12. The zero-order valence-corrected chi connectivity index (χ0v) is 13.4. The van der Waals surface area contributed by atoms with Crippen LogP contribution in [0.15, 0.2) is 23.2 Å². The van der Waals surface area contributed by atoms with Crippen LogP contribution in [0.5, 0.6) is 0 Å². The van der Waals surface area contributed by atoms with Gasteiger partial charge in [-0.25, -0.2) is 4.68 Å². The van der Waals surface area contributed by atoms with Crippen LogP contribution >= 0.6 is 35.0 Å². The molecule has 0 fully saturated rings. The summed E-state index contributed by atoms with van der Waals surface area (Å²) in [5.41, 5.74) is -0.670. The molecule has 0 saturated heterocycles. The van der Waals surface area contributed by atoms with Crippen molar-refractivity contribution in [3.8, 4) is 11.8 Å². The molecule has 1 aromatic heterocycles. The van der Waals surface area contributed by atoms with Crippen molar-refractivity contribution >= 4 is 35.0 Å². The van der Waals surface area contributed by atoms with Crippen LogP contribution in [0.1, 0.15) is 18.2 Å². The molecule has 22 heavy (non-hydrogen) atoms. The smallest absolute Gasteiger partial charge is 0.235 e. The number of hydrogen-bond acceptors (Lipinski definition) is 3. The molecular formula is C13H8Cl2F3N3S. The number of halogens is 5. The maximum absolute atomic E-state index is 12.7. The van der Waals surface area contributed by atoms with Crippen LogP contribution in [0.2, 0.25) is 10.0 Å². The SMILES string of the molecule is CCSc1cn(-c2c(Cl)cc(C(F)(F)F)cc2Cl)nc1C#N. The summed E-state index contributed by atoms with van der Waals surface area (Å²) in [4.78, 5) is 0.608. The van der Waals surface area contributed by atoms with Gasteiger partial charge in [0.15, 0.2) is 5.69 Å². The molecule has 0 N–H and O–H groups in total. The first-order valence-corrected chi connectivity index (χ1v) is 7.71. The first-order valence-electron chi connectivity index (χ1n) is 5.97. The fourth-order valence-electron chi connectivity index (χ4n) is 1.76. The Morgan fingerprint density at radius 1 is 1.32 bits per heavy atom. The third-order valence-electron chi connectivity index (χ3n) is 2.66. The molecule has 0 aliphatic carbocycles. The fourth-order valence-corrected chi connectivity index (χ4v) is 3.13. The fraction of sp³-hybridized carbons (Fsp3) is 0.231. The summed E-state index contributed by atoms with van der Waals surface area (Å²) in [6.45, 7) is 1.90. The highest BCUT2D eigenvalue weighted by Gasteiger charge is 2.32. The van der Waals surface area contributed by atoms with Crippen LogP contribution < -0.4 is 0 Å². The standard InChI is InChI=1S/C13H8Cl2F3N3S/c1-2-22-11-6-21(20-10(11)5-19)12-8(14)3-7(4-9(12)15)13(16,17)18/h3-4,6H,2H2,1H3. The summed E-state index contributed by atoms with van der Waals surface area (Å²) in [5, 5.41) is 12.7. The number of benzene rings is 1. The van der Waals surface area contributed by atoms with Crippen LogP contribution in [-0.4, -0.2) is 15.5 Å². The minimum absolute atomic E-state index is 0.107. The lowest BCUT2D eigenvalue weighted by Gasteiger charge is -2.12. The van der Waals surface area contributed by atoms with Gasteiger partial charge < -0.3 is 0 Å². The monoisotopic (exact) mass is 365 g/mol. The van der Waals surface area contributed by atoms with Crippen molar-refractivity contribution in [3.05, 3.63) is 39.6 Å². The molecule has 0 unspecified atom stereocenters. The first-order chi connectivity index (χ1) is 10.3. The molecule has 9 heteroatoms. The van der Waals surface area contributed by atoms with Crippen LogP contribution in [0.4, 0.5) is 13.2 Å². The van der Waals surface area contributed by atoms with Crippen molar-refractivity contribution in [1.29, 1.82) is 5.26 Å². The summed E-state index contributed by atoms with van der Waals surface area (Å²) < 4.78 is 39.4. The summed E-state index contributed by atoms with van der Waals surface area (Å²) in [6.07, 6.45) is -3.02. The van der Waals surface area contributed by atoms with E-state index < -0.39 is 11.7 Å². The van der Waals surface area contributed by atoms with Gasteiger partial charge in [-0.05, 0) is 17.9 Å². The number of rotatable bonds is 3.